The molecular weight excluding hydrogens is 343 g/mol. The van der Waals surface area contributed by atoms with Gasteiger partial charge >= 0.3 is 0 Å². The molecule has 3 N–H and O–H groups in total. The van der Waals surface area contributed by atoms with Gasteiger partial charge in [0.25, 0.3) is 0 Å². The van der Waals surface area contributed by atoms with Crippen LogP contribution in [0.1, 0.15) is 25.7 Å². The summed E-state index contributed by atoms with van der Waals surface area (Å²) in [6.45, 7) is 0. The maximum atomic E-state index is 6.05. The van der Waals surface area contributed by atoms with E-state index in [4.69, 9.17) is 5.73 Å². The molecule has 0 heterocycles. The van der Waals surface area contributed by atoms with Gasteiger partial charge in [-0.3, -0.25) is 0 Å². The number of nitrogens with one attached hydrogen (secondary N) is 1. The van der Waals surface area contributed by atoms with Crippen LogP contribution in [0.25, 0.3) is 0 Å². The molecule has 0 amide bonds. The summed E-state index contributed by atoms with van der Waals surface area (Å²) in [5.74, 6) is 0. The first-order chi connectivity index (χ1) is 8.20. The van der Waals surface area contributed by atoms with E-state index in [0.29, 0.717) is 6.04 Å². The summed E-state index contributed by atoms with van der Waals surface area (Å²) < 4.78 is 1.19. The molecule has 0 aliphatic heterocycles. The number of benzene rings is 1. The Bertz CT molecular complexity index is 384. The summed E-state index contributed by atoms with van der Waals surface area (Å²) >= 11 is 4.27. The molecule has 1 fully saturated rings. The van der Waals surface area contributed by atoms with Crippen molar-refractivity contribution in [3.63, 3.8) is 0 Å². The van der Waals surface area contributed by atoms with Crippen LogP contribution in [0, 0.1) is 3.57 Å². The van der Waals surface area contributed by atoms with E-state index < -0.39 is 0 Å². The highest BCUT2D eigenvalue weighted by Crippen LogP contribution is 2.31. The molecule has 2 nitrogen and oxygen atoms in total. The number of halogens is 1. The quantitative estimate of drug-likeness (QED) is 0.632. The van der Waals surface area contributed by atoms with Crippen molar-refractivity contribution in [3.8, 4) is 0 Å². The highest BCUT2D eigenvalue weighted by molar-refractivity contribution is 14.1. The van der Waals surface area contributed by atoms with E-state index in [1.807, 2.05) is 17.8 Å². The fourth-order valence-electron chi connectivity index (χ4n) is 2.41. The number of nitrogens with two attached hydrogens (primary N) is 1. The molecule has 1 aliphatic carbocycles. The smallest absolute Gasteiger partial charge is 0.0577 e. The number of anilines is 2. The van der Waals surface area contributed by atoms with Crippen LogP contribution in [0.15, 0.2) is 18.2 Å². The van der Waals surface area contributed by atoms with E-state index >= 15 is 0 Å². The van der Waals surface area contributed by atoms with Crippen molar-refractivity contribution in [2.24, 2.45) is 0 Å². The van der Waals surface area contributed by atoms with Crippen LogP contribution in [-0.2, 0) is 0 Å². The second-order valence-electron chi connectivity index (χ2n) is 4.54. The highest BCUT2D eigenvalue weighted by Gasteiger charge is 2.24. The predicted molar refractivity (Wildman–Crippen MR) is 86.8 cm³/mol. The van der Waals surface area contributed by atoms with Crippen molar-refractivity contribution >= 4 is 45.7 Å². The third-order valence-corrected chi connectivity index (χ3v) is 5.20. The van der Waals surface area contributed by atoms with Crippen LogP contribution in [0.5, 0.6) is 0 Å². The number of nitrogen functional groups attached to an aromatic ring is 1. The number of hydrogen-bond acceptors (Lipinski definition) is 3. The van der Waals surface area contributed by atoms with Gasteiger partial charge in [-0.1, -0.05) is 12.8 Å². The summed E-state index contributed by atoms with van der Waals surface area (Å²) in [4.78, 5) is 0. The van der Waals surface area contributed by atoms with Crippen LogP contribution in [0.2, 0.25) is 0 Å². The normalized spacial score (nSPS) is 24.6. The number of hydrogen-bond donors (Lipinski definition) is 2. The van der Waals surface area contributed by atoms with Gasteiger partial charge in [0.1, 0.15) is 0 Å². The number of thioether (sulfide) groups is 1. The molecule has 4 heteroatoms. The molecular formula is C13H19IN2S. The second-order valence-corrected chi connectivity index (χ2v) is 6.86. The topological polar surface area (TPSA) is 38.0 Å². The van der Waals surface area contributed by atoms with Crippen LogP contribution < -0.4 is 11.1 Å². The molecule has 2 rings (SSSR count). The molecule has 1 saturated carbocycles. The summed E-state index contributed by atoms with van der Waals surface area (Å²) in [5, 5.41) is 4.35. The first kappa shape index (κ1) is 13.3. The first-order valence-corrected chi connectivity index (χ1v) is 8.41. The van der Waals surface area contributed by atoms with Crippen molar-refractivity contribution < 1.29 is 0 Å². The third kappa shape index (κ3) is 3.44. The van der Waals surface area contributed by atoms with Crippen molar-refractivity contribution in [2.45, 2.75) is 37.0 Å². The Labute approximate surface area is 121 Å². The number of rotatable bonds is 3. The summed E-state index contributed by atoms with van der Waals surface area (Å²) in [5.41, 5.74) is 8.01. The van der Waals surface area contributed by atoms with E-state index in [2.05, 4.69) is 46.3 Å². The highest BCUT2D eigenvalue weighted by atomic mass is 127. The fourth-order valence-corrected chi connectivity index (χ4v) is 3.86. The average molecular weight is 362 g/mol. The van der Waals surface area contributed by atoms with Crippen molar-refractivity contribution in [1.82, 2.24) is 0 Å². The zero-order valence-electron chi connectivity index (χ0n) is 10.1. The zero-order chi connectivity index (χ0) is 12.3. The van der Waals surface area contributed by atoms with Crippen molar-refractivity contribution in [3.05, 3.63) is 21.8 Å². The minimum atomic E-state index is 0.570. The Morgan fingerprint density at radius 2 is 2.12 bits per heavy atom. The molecule has 17 heavy (non-hydrogen) atoms. The first-order valence-electron chi connectivity index (χ1n) is 6.05. The monoisotopic (exact) mass is 362 g/mol. The van der Waals surface area contributed by atoms with Crippen molar-refractivity contribution in [1.29, 1.82) is 0 Å². The van der Waals surface area contributed by atoms with E-state index in [1.54, 1.807) is 0 Å². The Kier molecular flexibility index (Phi) is 4.85. The van der Waals surface area contributed by atoms with Gasteiger partial charge in [-0.15, -0.1) is 0 Å². The molecule has 94 valence electrons. The van der Waals surface area contributed by atoms with Crippen LogP contribution in [-0.4, -0.2) is 17.5 Å². The Morgan fingerprint density at radius 1 is 1.35 bits per heavy atom. The van der Waals surface area contributed by atoms with Gasteiger partial charge in [0.05, 0.1) is 11.4 Å². The van der Waals surface area contributed by atoms with Gasteiger partial charge in [-0.25, -0.2) is 0 Å². The summed E-state index contributed by atoms with van der Waals surface area (Å²) in [6.07, 6.45) is 7.49. The average Bonchev–Trinajstić information content (AvgIpc) is 2.33. The van der Waals surface area contributed by atoms with Crippen LogP contribution >= 0.6 is 34.4 Å². The zero-order valence-corrected chi connectivity index (χ0v) is 13.1. The van der Waals surface area contributed by atoms with Gasteiger partial charge in [0.2, 0.25) is 0 Å². The lowest BCUT2D eigenvalue weighted by Gasteiger charge is -2.32. The lowest BCUT2D eigenvalue weighted by atomic mass is 9.94. The maximum Gasteiger partial charge on any atom is 0.0577 e. The van der Waals surface area contributed by atoms with Gasteiger partial charge < -0.3 is 11.1 Å². The molecule has 1 aromatic carbocycles. The summed E-state index contributed by atoms with van der Waals surface area (Å²) in [7, 11) is 0. The largest absolute Gasteiger partial charge is 0.397 e. The minimum Gasteiger partial charge on any atom is -0.397 e. The summed E-state index contributed by atoms with van der Waals surface area (Å²) in [6, 6.07) is 6.81. The van der Waals surface area contributed by atoms with E-state index in [9.17, 15) is 0 Å². The molecule has 1 aromatic rings. The Hall–Kier alpha value is -0.100. The lowest BCUT2D eigenvalue weighted by molar-refractivity contribution is 0.475. The van der Waals surface area contributed by atoms with E-state index in [1.165, 1.54) is 29.3 Å². The second kappa shape index (κ2) is 6.18. The molecule has 0 aromatic heterocycles. The molecule has 0 radical (unpaired) electrons. The van der Waals surface area contributed by atoms with Crippen LogP contribution in [0.4, 0.5) is 11.4 Å². The van der Waals surface area contributed by atoms with Gasteiger partial charge in [-0.2, -0.15) is 11.8 Å². The van der Waals surface area contributed by atoms with Gasteiger partial charge in [0.15, 0.2) is 0 Å². The molecule has 0 saturated heterocycles. The molecule has 1 aliphatic rings. The standard InChI is InChI=1S/C13H19IN2S/c1-17-13-5-3-2-4-12(13)16-11-7-6-9(14)8-10(11)15/h6-8,12-13,16H,2-5,15H2,1H3. The predicted octanol–water partition coefficient (Wildman–Crippen LogP) is 3.96. The fraction of sp³-hybridized carbons (Fsp3) is 0.538. The molecule has 2 atom stereocenters. The van der Waals surface area contributed by atoms with Crippen molar-refractivity contribution in [2.75, 3.05) is 17.3 Å². The van der Waals surface area contributed by atoms with Gasteiger partial charge in [-0.05, 0) is 59.9 Å². The molecule has 2 unspecified atom stereocenters. The van der Waals surface area contributed by atoms with Crippen LogP contribution in [0.3, 0.4) is 0 Å². The minimum absolute atomic E-state index is 0.570. The van der Waals surface area contributed by atoms with Gasteiger partial charge in [0, 0.05) is 14.9 Å². The third-order valence-electron chi connectivity index (χ3n) is 3.36. The Morgan fingerprint density at radius 3 is 2.82 bits per heavy atom. The lowest BCUT2D eigenvalue weighted by Crippen LogP contribution is -2.34. The maximum absolute atomic E-state index is 6.05. The van der Waals surface area contributed by atoms with E-state index in [-0.39, 0.29) is 0 Å². The van der Waals surface area contributed by atoms with E-state index in [0.717, 1.165) is 16.6 Å². The Balaban J connectivity index is 2.08. The molecule has 0 bridgehead atoms. The molecule has 0 spiro atoms. The SMILES string of the molecule is CSC1CCCCC1Nc1ccc(I)cc1N.